The minimum Gasteiger partial charge on any atom is -0.481 e. The zero-order valence-corrected chi connectivity index (χ0v) is 16.0. The second-order valence-corrected chi connectivity index (χ2v) is 7.37. The lowest BCUT2D eigenvalue weighted by Gasteiger charge is -2.27. The van der Waals surface area contributed by atoms with E-state index in [4.69, 9.17) is 5.11 Å². The highest BCUT2D eigenvalue weighted by atomic mass is 16.4. The molecule has 146 valence electrons. The monoisotopic (exact) mass is 378 g/mol. The van der Waals surface area contributed by atoms with Gasteiger partial charge in [0.1, 0.15) is 0 Å². The van der Waals surface area contributed by atoms with Crippen molar-refractivity contribution in [2.24, 2.45) is 5.92 Å². The number of aliphatic carboxylic acids is 1. The van der Waals surface area contributed by atoms with E-state index in [0.29, 0.717) is 0 Å². The number of allylic oxidation sites excluding steroid dienone is 2. The fourth-order valence-electron chi connectivity index (χ4n) is 3.82. The topological polar surface area (TPSA) is 77.8 Å². The highest BCUT2D eigenvalue weighted by Crippen LogP contribution is 2.39. The van der Waals surface area contributed by atoms with Gasteiger partial charge in [0.05, 0.1) is 18.6 Å². The molecule has 2 aromatic rings. The maximum Gasteiger partial charge on any atom is 0.305 e. The van der Waals surface area contributed by atoms with E-state index in [1.165, 1.54) is 11.1 Å². The number of aliphatic hydroxyl groups excluding tert-OH is 2. The van der Waals surface area contributed by atoms with Crippen molar-refractivity contribution in [3.05, 3.63) is 89.0 Å². The fraction of sp³-hybridized carbons (Fsp3) is 0.292. The molecule has 0 saturated carbocycles. The SMILES string of the molecule is CC1Cc2ccccc2C(c2ccccc2)=C1/C=C/C(O)CC(O)CC(=O)O. The van der Waals surface area contributed by atoms with Crippen LogP contribution >= 0.6 is 0 Å². The molecular formula is C24H26O4. The zero-order valence-electron chi connectivity index (χ0n) is 16.0. The second kappa shape index (κ2) is 9.00. The Balaban J connectivity index is 1.95. The molecule has 3 N–H and O–H groups in total. The number of carboxylic acid groups (broad SMARTS) is 1. The van der Waals surface area contributed by atoms with E-state index in [2.05, 4.69) is 37.3 Å². The normalized spacial score (nSPS) is 18.8. The van der Waals surface area contributed by atoms with Gasteiger partial charge in [-0.15, -0.1) is 0 Å². The van der Waals surface area contributed by atoms with Crippen LogP contribution in [0.5, 0.6) is 0 Å². The van der Waals surface area contributed by atoms with Crippen LogP contribution in [-0.4, -0.2) is 33.5 Å². The largest absolute Gasteiger partial charge is 0.481 e. The fourth-order valence-corrected chi connectivity index (χ4v) is 3.82. The average Bonchev–Trinajstić information content (AvgIpc) is 2.65. The van der Waals surface area contributed by atoms with E-state index in [-0.39, 0.29) is 18.8 Å². The molecule has 0 bridgehead atoms. The lowest BCUT2D eigenvalue weighted by molar-refractivity contribution is -0.139. The summed E-state index contributed by atoms with van der Waals surface area (Å²) < 4.78 is 0. The van der Waals surface area contributed by atoms with Crippen LogP contribution in [0.4, 0.5) is 0 Å². The summed E-state index contributed by atoms with van der Waals surface area (Å²) >= 11 is 0. The third-order valence-corrected chi connectivity index (χ3v) is 5.12. The summed E-state index contributed by atoms with van der Waals surface area (Å²) in [6.07, 6.45) is 2.18. The molecule has 2 aromatic carbocycles. The lowest BCUT2D eigenvalue weighted by Crippen LogP contribution is -2.19. The van der Waals surface area contributed by atoms with E-state index in [0.717, 1.165) is 23.1 Å². The summed E-state index contributed by atoms with van der Waals surface area (Å²) in [5.74, 6) is -0.798. The molecule has 0 aliphatic heterocycles. The van der Waals surface area contributed by atoms with Crippen molar-refractivity contribution in [2.45, 2.75) is 38.4 Å². The van der Waals surface area contributed by atoms with Gasteiger partial charge in [0, 0.05) is 6.42 Å². The molecule has 0 saturated heterocycles. The van der Waals surface area contributed by atoms with Gasteiger partial charge in [-0.1, -0.05) is 73.7 Å². The molecule has 0 spiro atoms. The average molecular weight is 378 g/mol. The van der Waals surface area contributed by atoms with Crippen LogP contribution < -0.4 is 0 Å². The number of hydrogen-bond acceptors (Lipinski definition) is 3. The number of hydrogen-bond donors (Lipinski definition) is 3. The lowest BCUT2D eigenvalue weighted by atomic mass is 9.77. The predicted octanol–water partition coefficient (Wildman–Crippen LogP) is 3.82. The van der Waals surface area contributed by atoms with Crippen LogP contribution in [0.2, 0.25) is 0 Å². The van der Waals surface area contributed by atoms with Gasteiger partial charge in [0.15, 0.2) is 0 Å². The zero-order chi connectivity index (χ0) is 20.1. The first kappa shape index (κ1) is 20.1. The van der Waals surface area contributed by atoms with E-state index in [9.17, 15) is 15.0 Å². The van der Waals surface area contributed by atoms with Gasteiger partial charge < -0.3 is 15.3 Å². The van der Waals surface area contributed by atoms with E-state index >= 15 is 0 Å². The Kier molecular flexibility index (Phi) is 6.45. The molecule has 1 aliphatic carbocycles. The van der Waals surface area contributed by atoms with Gasteiger partial charge in [-0.05, 0) is 40.2 Å². The van der Waals surface area contributed by atoms with E-state index in [1.807, 2.05) is 30.3 Å². The maximum atomic E-state index is 10.7. The Morgan fingerprint density at radius 3 is 2.50 bits per heavy atom. The molecule has 3 unspecified atom stereocenters. The van der Waals surface area contributed by atoms with Crippen LogP contribution in [-0.2, 0) is 11.2 Å². The molecule has 3 atom stereocenters. The van der Waals surface area contributed by atoms with Crippen molar-refractivity contribution in [1.82, 2.24) is 0 Å². The summed E-state index contributed by atoms with van der Waals surface area (Å²) in [7, 11) is 0. The number of carbonyl (C=O) groups is 1. The molecule has 3 rings (SSSR count). The summed E-state index contributed by atoms with van der Waals surface area (Å²) in [5, 5.41) is 28.7. The molecule has 4 nitrogen and oxygen atoms in total. The second-order valence-electron chi connectivity index (χ2n) is 7.37. The van der Waals surface area contributed by atoms with Gasteiger partial charge in [0.25, 0.3) is 0 Å². The predicted molar refractivity (Wildman–Crippen MR) is 110 cm³/mol. The van der Waals surface area contributed by atoms with Gasteiger partial charge in [-0.25, -0.2) is 0 Å². The van der Waals surface area contributed by atoms with E-state index in [1.54, 1.807) is 6.08 Å². The standard InChI is InChI=1S/C24H26O4/c1-16-13-18-9-5-6-10-22(18)24(17-7-3-2-4-8-17)21(16)12-11-19(25)14-20(26)15-23(27)28/h2-12,16,19-20,25-26H,13-15H2,1H3,(H,27,28)/b12-11+. The Morgan fingerprint density at radius 1 is 1.11 bits per heavy atom. The van der Waals surface area contributed by atoms with Crippen molar-refractivity contribution in [1.29, 1.82) is 0 Å². The Morgan fingerprint density at radius 2 is 1.79 bits per heavy atom. The third-order valence-electron chi connectivity index (χ3n) is 5.12. The Hall–Kier alpha value is -2.69. The van der Waals surface area contributed by atoms with Gasteiger partial charge in [-0.2, -0.15) is 0 Å². The smallest absolute Gasteiger partial charge is 0.305 e. The van der Waals surface area contributed by atoms with Crippen LogP contribution in [0.15, 0.2) is 72.3 Å². The highest BCUT2D eigenvalue weighted by Gasteiger charge is 2.24. The van der Waals surface area contributed by atoms with Crippen molar-refractivity contribution < 1.29 is 20.1 Å². The number of carboxylic acids is 1. The molecule has 0 amide bonds. The van der Waals surface area contributed by atoms with Crippen molar-refractivity contribution in [3.63, 3.8) is 0 Å². The summed E-state index contributed by atoms with van der Waals surface area (Å²) in [5.41, 5.74) is 5.93. The Labute approximate surface area is 165 Å². The maximum absolute atomic E-state index is 10.7. The first-order chi connectivity index (χ1) is 13.5. The molecule has 0 aromatic heterocycles. The minimum absolute atomic E-state index is 0.00170. The molecule has 1 aliphatic rings. The van der Waals surface area contributed by atoms with Gasteiger partial charge >= 0.3 is 5.97 Å². The highest BCUT2D eigenvalue weighted by molar-refractivity contribution is 5.86. The molecule has 28 heavy (non-hydrogen) atoms. The Bertz CT molecular complexity index is 882. The first-order valence-electron chi connectivity index (χ1n) is 9.59. The summed E-state index contributed by atoms with van der Waals surface area (Å²) in [4.78, 5) is 10.7. The summed E-state index contributed by atoms with van der Waals surface area (Å²) in [6, 6.07) is 18.6. The molecule has 0 heterocycles. The number of aliphatic hydroxyl groups is 2. The van der Waals surface area contributed by atoms with Crippen LogP contribution in [0.1, 0.15) is 36.5 Å². The quantitative estimate of drug-likeness (QED) is 0.684. The first-order valence-corrected chi connectivity index (χ1v) is 9.59. The molecule has 0 fully saturated rings. The van der Waals surface area contributed by atoms with Crippen LogP contribution in [0.3, 0.4) is 0 Å². The third kappa shape index (κ3) is 4.77. The van der Waals surface area contributed by atoms with Crippen molar-refractivity contribution >= 4 is 11.5 Å². The van der Waals surface area contributed by atoms with Crippen LogP contribution in [0, 0.1) is 5.92 Å². The van der Waals surface area contributed by atoms with Crippen molar-refractivity contribution in [2.75, 3.05) is 0 Å². The van der Waals surface area contributed by atoms with E-state index < -0.39 is 18.2 Å². The number of fused-ring (bicyclic) bond motifs is 1. The number of benzene rings is 2. The van der Waals surface area contributed by atoms with Gasteiger partial charge in [0.2, 0.25) is 0 Å². The molecule has 0 radical (unpaired) electrons. The minimum atomic E-state index is -1.07. The van der Waals surface area contributed by atoms with Gasteiger partial charge in [-0.3, -0.25) is 4.79 Å². The molecule has 4 heteroatoms. The number of rotatable bonds is 7. The van der Waals surface area contributed by atoms with Crippen LogP contribution in [0.25, 0.3) is 5.57 Å². The molecular weight excluding hydrogens is 352 g/mol. The van der Waals surface area contributed by atoms with Crippen molar-refractivity contribution in [3.8, 4) is 0 Å². The summed E-state index contributed by atoms with van der Waals surface area (Å²) in [6.45, 7) is 2.17.